The first-order valence-corrected chi connectivity index (χ1v) is 9.57. The van der Waals surface area contributed by atoms with Gasteiger partial charge in [-0.15, -0.1) is 0 Å². The number of phenolic OH excluding ortho intramolecular Hbond substituents is 1. The van der Waals surface area contributed by atoms with Crippen molar-refractivity contribution in [3.63, 3.8) is 0 Å². The highest BCUT2D eigenvalue weighted by Gasteiger charge is 2.28. The highest BCUT2D eigenvalue weighted by Crippen LogP contribution is 2.27. The van der Waals surface area contributed by atoms with Crippen molar-refractivity contribution in [3.05, 3.63) is 64.5 Å². The van der Waals surface area contributed by atoms with Gasteiger partial charge < -0.3 is 19.6 Å². The van der Waals surface area contributed by atoms with Crippen molar-refractivity contribution in [1.82, 2.24) is 4.98 Å². The monoisotopic (exact) mass is 409 g/mol. The summed E-state index contributed by atoms with van der Waals surface area (Å²) in [6, 6.07) is 10.3. The van der Waals surface area contributed by atoms with E-state index in [0.29, 0.717) is 16.8 Å². The fourth-order valence-corrected chi connectivity index (χ4v) is 3.38. The lowest BCUT2D eigenvalue weighted by atomic mass is 10.1. The lowest BCUT2D eigenvalue weighted by Crippen LogP contribution is -2.25. The zero-order valence-corrected chi connectivity index (χ0v) is 17.2. The normalized spacial score (nSPS) is 11.9. The largest absolute Gasteiger partial charge is 0.507 e. The second-order valence-corrected chi connectivity index (χ2v) is 6.97. The Morgan fingerprint density at radius 1 is 1.07 bits per heavy atom. The third kappa shape index (κ3) is 3.91. The van der Waals surface area contributed by atoms with Crippen LogP contribution in [-0.2, 0) is 9.47 Å². The van der Waals surface area contributed by atoms with Gasteiger partial charge >= 0.3 is 11.9 Å². The standard InChI is InChI=1S/C23H23NO6/c1-5-29-23(28)19-12(2)20(24-13(19)3)21(26)14(4)30-22(27)17-10-15-8-6-7-9-16(15)11-18(17)25/h6-11,14,24-25H,5H2,1-4H3/t14-/m0/s1. The van der Waals surface area contributed by atoms with Crippen LogP contribution in [0.5, 0.6) is 5.75 Å². The molecule has 2 N–H and O–H groups in total. The van der Waals surface area contributed by atoms with Gasteiger partial charge in [-0.1, -0.05) is 24.3 Å². The Hall–Kier alpha value is -3.61. The quantitative estimate of drug-likeness (QED) is 0.469. The predicted octanol–water partition coefficient (Wildman–Crippen LogP) is 4.10. The number of fused-ring (bicyclic) bond motifs is 1. The van der Waals surface area contributed by atoms with Gasteiger partial charge in [-0.3, -0.25) is 4.79 Å². The van der Waals surface area contributed by atoms with E-state index in [1.165, 1.54) is 19.1 Å². The van der Waals surface area contributed by atoms with E-state index in [1.54, 1.807) is 20.8 Å². The summed E-state index contributed by atoms with van der Waals surface area (Å²) in [6.45, 7) is 6.66. The summed E-state index contributed by atoms with van der Waals surface area (Å²) >= 11 is 0. The summed E-state index contributed by atoms with van der Waals surface area (Å²) in [5.74, 6) is -2.05. The number of aromatic amines is 1. The van der Waals surface area contributed by atoms with Crippen LogP contribution in [0.15, 0.2) is 36.4 Å². The predicted molar refractivity (Wildman–Crippen MR) is 111 cm³/mol. The Morgan fingerprint density at radius 3 is 2.33 bits per heavy atom. The molecule has 1 heterocycles. The van der Waals surface area contributed by atoms with E-state index in [4.69, 9.17) is 9.47 Å². The van der Waals surface area contributed by atoms with Crippen LogP contribution < -0.4 is 0 Å². The van der Waals surface area contributed by atoms with E-state index in [0.717, 1.165) is 10.8 Å². The molecule has 7 nitrogen and oxygen atoms in total. The van der Waals surface area contributed by atoms with Crippen LogP contribution >= 0.6 is 0 Å². The molecule has 0 radical (unpaired) electrons. The number of aromatic nitrogens is 1. The Balaban J connectivity index is 1.83. The maximum atomic E-state index is 12.9. The number of esters is 2. The molecule has 0 unspecified atom stereocenters. The Morgan fingerprint density at radius 2 is 1.70 bits per heavy atom. The Bertz CT molecular complexity index is 1140. The molecular formula is C23H23NO6. The van der Waals surface area contributed by atoms with Gasteiger partial charge in [0.2, 0.25) is 5.78 Å². The third-order valence-corrected chi connectivity index (χ3v) is 4.90. The van der Waals surface area contributed by atoms with Gasteiger partial charge in [0.15, 0.2) is 6.10 Å². The molecular weight excluding hydrogens is 386 g/mol. The van der Waals surface area contributed by atoms with E-state index in [2.05, 4.69) is 4.98 Å². The fourth-order valence-electron chi connectivity index (χ4n) is 3.38. The number of phenols is 1. The van der Waals surface area contributed by atoms with E-state index in [9.17, 15) is 19.5 Å². The van der Waals surface area contributed by atoms with Gasteiger partial charge in [0.25, 0.3) is 0 Å². The van der Waals surface area contributed by atoms with Crippen molar-refractivity contribution in [3.8, 4) is 5.75 Å². The van der Waals surface area contributed by atoms with Crippen LogP contribution in [0, 0.1) is 13.8 Å². The zero-order chi connectivity index (χ0) is 22.0. The number of carbonyl (C=O) groups excluding carboxylic acids is 3. The first-order chi connectivity index (χ1) is 14.2. The molecule has 0 bridgehead atoms. The molecule has 3 aromatic rings. The highest BCUT2D eigenvalue weighted by molar-refractivity contribution is 6.05. The van der Waals surface area contributed by atoms with Crippen molar-refractivity contribution in [2.24, 2.45) is 0 Å². The van der Waals surface area contributed by atoms with Crippen molar-refractivity contribution in [2.45, 2.75) is 33.8 Å². The van der Waals surface area contributed by atoms with Crippen molar-refractivity contribution < 1.29 is 29.0 Å². The molecule has 1 atom stereocenters. The number of aryl methyl sites for hydroxylation is 1. The minimum Gasteiger partial charge on any atom is -0.507 e. The van der Waals surface area contributed by atoms with Gasteiger partial charge in [0.1, 0.15) is 11.3 Å². The molecule has 3 rings (SSSR count). The smallest absolute Gasteiger partial charge is 0.342 e. The van der Waals surface area contributed by atoms with Crippen LogP contribution in [0.3, 0.4) is 0 Å². The van der Waals surface area contributed by atoms with Gasteiger partial charge in [-0.25, -0.2) is 9.59 Å². The van der Waals surface area contributed by atoms with Crippen LogP contribution in [0.4, 0.5) is 0 Å². The molecule has 0 spiro atoms. The number of benzene rings is 2. The van der Waals surface area contributed by atoms with Crippen molar-refractivity contribution >= 4 is 28.5 Å². The first kappa shape index (κ1) is 21.1. The first-order valence-electron chi connectivity index (χ1n) is 9.57. The third-order valence-electron chi connectivity index (χ3n) is 4.90. The summed E-state index contributed by atoms with van der Waals surface area (Å²) in [4.78, 5) is 40.5. The number of hydrogen-bond acceptors (Lipinski definition) is 6. The lowest BCUT2D eigenvalue weighted by Gasteiger charge is -2.13. The average Bonchev–Trinajstić information content (AvgIpc) is 3.00. The highest BCUT2D eigenvalue weighted by atomic mass is 16.5. The number of ketones is 1. The number of rotatable bonds is 6. The summed E-state index contributed by atoms with van der Waals surface area (Å²) < 4.78 is 10.3. The van der Waals surface area contributed by atoms with E-state index in [1.807, 2.05) is 24.3 Å². The summed E-state index contributed by atoms with van der Waals surface area (Å²) in [5, 5.41) is 11.7. The average molecular weight is 409 g/mol. The SMILES string of the molecule is CCOC(=O)c1c(C)[nH]c(C(=O)[C@H](C)OC(=O)c2cc3ccccc3cc2O)c1C. The lowest BCUT2D eigenvalue weighted by molar-refractivity contribution is 0.0314. The van der Waals surface area contributed by atoms with Gasteiger partial charge in [-0.2, -0.15) is 0 Å². The van der Waals surface area contributed by atoms with Gasteiger partial charge in [-0.05, 0) is 56.2 Å². The summed E-state index contributed by atoms with van der Waals surface area (Å²) in [6.07, 6.45) is -1.13. The molecule has 30 heavy (non-hydrogen) atoms. The number of aromatic hydroxyl groups is 1. The number of hydrogen-bond donors (Lipinski definition) is 2. The number of H-pyrrole nitrogens is 1. The molecule has 1 aromatic heterocycles. The van der Waals surface area contributed by atoms with Crippen LogP contribution in [0.1, 0.15) is 56.3 Å². The molecule has 0 saturated carbocycles. The second kappa shape index (κ2) is 8.41. The summed E-state index contributed by atoms with van der Waals surface area (Å²) in [5.41, 5.74) is 1.39. The van der Waals surface area contributed by atoms with Gasteiger partial charge in [0, 0.05) is 5.69 Å². The van der Waals surface area contributed by atoms with Crippen molar-refractivity contribution in [2.75, 3.05) is 6.61 Å². The van der Waals surface area contributed by atoms with E-state index in [-0.39, 0.29) is 23.6 Å². The Kier molecular flexibility index (Phi) is 5.91. The molecule has 2 aromatic carbocycles. The minimum absolute atomic E-state index is 0.0278. The summed E-state index contributed by atoms with van der Waals surface area (Å²) in [7, 11) is 0. The molecule has 7 heteroatoms. The van der Waals surface area contributed by atoms with E-state index < -0.39 is 23.8 Å². The number of carbonyl (C=O) groups is 3. The maximum absolute atomic E-state index is 12.9. The molecule has 156 valence electrons. The van der Waals surface area contributed by atoms with Crippen LogP contribution in [0.25, 0.3) is 10.8 Å². The van der Waals surface area contributed by atoms with Crippen molar-refractivity contribution in [1.29, 1.82) is 0 Å². The minimum atomic E-state index is -1.13. The van der Waals surface area contributed by atoms with Crippen LogP contribution in [-0.4, -0.2) is 40.5 Å². The number of ether oxygens (including phenoxy) is 2. The maximum Gasteiger partial charge on any atom is 0.342 e. The number of nitrogens with one attached hydrogen (secondary N) is 1. The Labute approximate surface area is 173 Å². The number of Topliss-reactive ketones (excluding diaryl/α,β-unsaturated/α-hetero) is 1. The molecule has 0 aliphatic heterocycles. The van der Waals surface area contributed by atoms with E-state index >= 15 is 0 Å². The van der Waals surface area contributed by atoms with Gasteiger partial charge in [0.05, 0.1) is 17.9 Å². The molecule has 0 fully saturated rings. The van der Waals surface area contributed by atoms with Crippen LogP contribution in [0.2, 0.25) is 0 Å². The second-order valence-electron chi connectivity index (χ2n) is 6.97. The molecule has 0 aliphatic rings. The molecule has 0 aliphatic carbocycles. The zero-order valence-electron chi connectivity index (χ0n) is 17.2. The molecule has 0 amide bonds. The fraction of sp³-hybridized carbons (Fsp3) is 0.261. The molecule has 0 saturated heterocycles. The topological polar surface area (TPSA) is 106 Å².